The molecule has 0 radical (unpaired) electrons. The van der Waals surface area contributed by atoms with Crippen molar-refractivity contribution in [2.24, 2.45) is 4.99 Å². The number of nitrogens with zero attached hydrogens (tertiary/aromatic N) is 3. The van der Waals surface area contributed by atoms with Crippen molar-refractivity contribution in [3.63, 3.8) is 0 Å². The molecule has 1 aromatic carbocycles. The van der Waals surface area contributed by atoms with E-state index in [1.54, 1.807) is 6.07 Å². The van der Waals surface area contributed by atoms with Gasteiger partial charge in [-0.05, 0) is 25.5 Å². The Bertz CT molecular complexity index is 889. The van der Waals surface area contributed by atoms with E-state index in [9.17, 15) is 14.0 Å². The van der Waals surface area contributed by atoms with Crippen molar-refractivity contribution < 1.29 is 23.1 Å². The van der Waals surface area contributed by atoms with Crippen LogP contribution in [0.25, 0.3) is 0 Å². The molecule has 3 heterocycles. The number of amides is 1. The van der Waals surface area contributed by atoms with Gasteiger partial charge in [-0.2, -0.15) is 0 Å². The zero-order valence-corrected chi connectivity index (χ0v) is 15.6. The standard InChI is InChI=1S/C20H21F2N3O3/c1-20(22,19(27)25-6-5-14-15(21)3-2-4-16(14)25)17-11-13(26)12-18(23-17)24-7-9-28-10-8-24/h2-4,12H,5-11H2,1H3. The van der Waals surface area contributed by atoms with Crippen molar-refractivity contribution in [2.75, 3.05) is 37.7 Å². The molecule has 0 aliphatic carbocycles. The first kappa shape index (κ1) is 18.7. The van der Waals surface area contributed by atoms with Gasteiger partial charge in [0, 0.05) is 37.0 Å². The second-order valence-corrected chi connectivity index (χ2v) is 7.25. The number of hydrogen-bond acceptors (Lipinski definition) is 5. The van der Waals surface area contributed by atoms with Gasteiger partial charge in [0.25, 0.3) is 5.91 Å². The third-order valence-electron chi connectivity index (χ3n) is 5.38. The summed E-state index contributed by atoms with van der Waals surface area (Å²) < 4.78 is 34.9. The van der Waals surface area contributed by atoms with Crippen LogP contribution in [-0.2, 0) is 20.7 Å². The number of ether oxygens (including phenoxy) is 1. The Kier molecular flexibility index (Phi) is 4.74. The number of ketones is 1. The number of carbonyl (C=O) groups is 2. The number of benzene rings is 1. The predicted octanol–water partition coefficient (Wildman–Crippen LogP) is 2.03. The van der Waals surface area contributed by atoms with Gasteiger partial charge in [0.2, 0.25) is 5.67 Å². The Balaban J connectivity index is 1.62. The van der Waals surface area contributed by atoms with Crippen LogP contribution in [-0.4, -0.2) is 60.8 Å². The van der Waals surface area contributed by atoms with Gasteiger partial charge < -0.3 is 14.5 Å². The van der Waals surface area contributed by atoms with Crippen LogP contribution in [0.3, 0.4) is 0 Å². The monoisotopic (exact) mass is 389 g/mol. The minimum Gasteiger partial charge on any atom is -0.378 e. The fraction of sp³-hybridized carbons (Fsp3) is 0.450. The lowest BCUT2D eigenvalue weighted by Crippen LogP contribution is -2.50. The van der Waals surface area contributed by atoms with E-state index in [-0.39, 0.29) is 24.5 Å². The average molecular weight is 389 g/mol. The van der Waals surface area contributed by atoms with Gasteiger partial charge in [-0.15, -0.1) is 0 Å². The lowest BCUT2D eigenvalue weighted by Gasteiger charge is -2.33. The minimum atomic E-state index is -2.46. The van der Waals surface area contributed by atoms with Crippen molar-refractivity contribution in [1.29, 1.82) is 0 Å². The number of alkyl halides is 1. The van der Waals surface area contributed by atoms with Crippen LogP contribution >= 0.6 is 0 Å². The fourth-order valence-corrected chi connectivity index (χ4v) is 3.78. The predicted molar refractivity (Wildman–Crippen MR) is 99.5 cm³/mol. The number of hydrogen-bond donors (Lipinski definition) is 0. The summed E-state index contributed by atoms with van der Waals surface area (Å²) in [5.74, 6) is -1.17. The quantitative estimate of drug-likeness (QED) is 0.794. The zero-order chi connectivity index (χ0) is 19.9. The topological polar surface area (TPSA) is 62.2 Å². The first-order valence-electron chi connectivity index (χ1n) is 9.31. The Morgan fingerprint density at radius 2 is 2.00 bits per heavy atom. The molecule has 0 N–H and O–H groups in total. The first-order valence-corrected chi connectivity index (χ1v) is 9.31. The van der Waals surface area contributed by atoms with Gasteiger partial charge in [-0.1, -0.05) is 6.07 Å². The normalized spacial score (nSPS) is 21.8. The molecule has 0 bridgehead atoms. The molecule has 0 aromatic heterocycles. The molecule has 28 heavy (non-hydrogen) atoms. The van der Waals surface area contributed by atoms with Gasteiger partial charge in [0.15, 0.2) is 5.78 Å². The van der Waals surface area contributed by atoms with Crippen LogP contribution < -0.4 is 4.90 Å². The number of fused-ring (bicyclic) bond motifs is 1. The minimum absolute atomic E-state index is 0.114. The number of allylic oxidation sites excluding steroid dienone is 1. The molecule has 1 atom stereocenters. The zero-order valence-electron chi connectivity index (χ0n) is 15.6. The number of rotatable bonds is 3. The Labute approximate surface area is 161 Å². The summed E-state index contributed by atoms with van der Waals surface area (Å²) in [6.45, 7) is 3.41. The van der Waals surface area contributed by atoms with E-state index in [0.717, 1.165) is 6.92 Å². The summed E-state index contributed by atoms with van der Waals surface area (Å²) in [4.78, 5) is 32.6. The number of carbonyl (C=O) groups excluding carboxylic acids is 2. The number of halogens is 2. The maximum absolute atomic E-state index is 15.7. The fourth-order valence-electron chi connectivity index (χ4n) is 3.78. The molecule has 1 aromatic rings. The molecule has 8 heteroatoms. The van der Waals surface area contributed by atoms with Crippen LogP contribution in [0.15, 0.2) is 35.1 Å². The molecule has 1 saturated heterocycles. The maximum atomic E-state index is 15.7. The van der Waals surface area contributed by atoms with E-state index in [1.165, 1.54) is 23.1 Å². The highest BCUT2D eigenvalue weighted by Crippen LogP contribution is 2.34. The molecular weight excluding hydrogens is 368 g/mol. The highest BCUT2D eigenvalue weighted by molar-refractivity contribution is 6.23. The van der Waals surface area contributed by atoms with E-state index in [2.05, 4.69) is 4.99 Å². The summed E-state index contributed by atoms with van der Waals surface area (Å²) in [5.41, 5.74) is -1.80. The smallest absolute Gasteiger partial charge is 0.270 e. The van der Waals surface area contributed by atoms with Crippen molar-refractivity contribution in [1.82, 2.24) is 4.90 Å². The third kappa shape index (κ3) is 3.22. The summed E-state index contributed by atoms with van der Waals surface area (Å²) in [7, 11) is 0. The van der Waals surface area contributed by atoms with Gasteiger partial charge in [-0.25, -0.2) is 13.8 Å². The highest BCUT2D eigenvalue weighted by Gasteiger charge is 2.45. The molecule has 1 amide bonds. The van der Waals surface area contributed by atoms with Crippen molar-refractivity contribution >= 4 is 23.1 Å². The van der Waals surface area contributed by atoms with Crippen LogP contribution in [0.1, 0.15) is 18.9 Å². The number of aliphatic imine (C=N–C) groups is 1. The van der Waals surface area contributed by atoms with Crippen LogP contribution in [0.2, 0.25) is 0 Å². The Hall–Kier alpha value is -2.61. The van der Waals surface area contributed by atoms with Crippen molar-refractivity contribution in [3.05, 3.63) is 41.5 Å². The molecule has 148 valence electrons. The second-order valence-electron chi connectivity index (χ2n) is 7.25. The molecular formula is C20H21F2N3O3. The Morgan fingerprint density at radius 1 is 1.25 bits per heavy atom. The molecule has 3 aliphatic rings. The highest BCUT2D eigenvalue weighted by atomic mass is 19.1. The molecule has 1 fully saturated rings. The average Bonchev–Trinajstić information content (AvgIpc) is 3.13. The molecule has 6 nitrogen and oxygen atoms in total. The lowest BCUT2D eigenvalue weighted by molar-refractivity contribution is -0.125. The Morgan fingerprint density at radius 3 is 2.75 bits per heavy atom. The summed E-state index contributed by atoms with van der Waals surface area (Å²) in [6.07, 6.45) is 1.46. The van der Waals surface area contributed by atoms with Gasteiger partial charge in [-0.3, -0.25) is 9.59 Å². The lowest BCUT2D eigenvalue weighted by atomic mass is 9.94. The molecule has 1 unspecified atom stereocenters. The summed E-state index contributed by atoms with van der Waals surface area (Å²) in [5, 5.41) is 0. The van der Waals surface area contributed by atoms with Gasteiger partial charge >= 0.3 is 0 Å². The summed E-state index contributed by atoms with van der Waals surface area (Å²) >= 11 is 0. The molecule has 0 saturated carbocycles. The van der Waals surface area contributed by atoms with E-state index < -0.39 is 17.4 Å². The van der Waals surface area contributed by atoms with Gasteiger partial charge in [0.05, 0.1) is 25.3 Å². The third-order valence-corrected chi connectivity index (χ3v) is 5.38. The van der Waals surface area contributed by atoms with E-state index in [4.69, 9.17) is 4.74 Å². The van der Waals surface area contributed by atoms with Crippen LogP contribution in [0, 0.1) is 5.82 Å². The molecule has 3 aliphatic heterocycles. The summed E-state index contributed by atoms with van der Waals surface area (Å²) in [6, 6.07) is 4.42. The molecule has 0 spiro atoms. The van der Waals surface area contributed by atoms with E-state index >= 15 is 4.39 Å². The van der Waals surface area contributed by atoms with E-state index in [1.807, 2.05) is 4.90 Å². The first-order chi connectivity index (χ1) is 13.4. The maximum Gasteiger partial charge on any atom is 0.270 e. The van der Waals surface area contributed by atoms with Crippen LogP contribution in [0.4, 0.5) is 14.5 Å². The van der Waals surface area contributed by atoms with Crippen LogP contribution in [0.5, 0.6) is 0 Å². The van der Waals surface area contributed by atoms with Crippen molar-refractivity contribution in [2.45, 2.75) is 25.4 Å². The van der Waals surface area contributed by atoms with Crippen molar-refractivity contribution in [3.8, 4) is 0 Å². The second kappa shape index (κ2) is 7.09. The molecule has 4 rings (SSSR count). The van der Waals surface area contributed by atoms with Gasteiger partial charge in [0.1, 0.15) is 11.6 Å². The van der Waals surface area contributed by atoms with E-state index in [0.29, 0.717) is 49.8 Å². The largest absolute Gasteiger partial charge is 0.378 e. The number of anilines is 1. The SMILES string of the molecule is CC(F)(C(=O)N1CCc2c(F)cccc21)C1=NC(N2CCOCC2)=CC(=O)C1. The number of morpholine rings is 1.